The number of hydrogen-bond acceptors (Lipinski definition) is 0. The number of hydrogen-bond donors (Lipinski definition) is 0. The van der Waals surface area contributed by atoms with Crippen molar-refractivity contribution in [3.8, 4) is 0 Å². The molecule has 2 rings (SSSR count). The first-order valence-electron chi connectivity index (χ1n) is 5.87. The van der Waals surface area contributed by atoms with Gasteiger partial charge < -0.3 is 0 Å². The van der Waals surface area contributed by atoms with E-state index in [1.165, 1.54) is 31.2 Å². The highest BCUT2D eigenvalue weighted by molar-refractivity contribution is 6.30. The highest BCUT2D eigenvalue weighted by Gasteiger charge is 2.44. The van der Waals surface area contributed by atoms with Gasteiger partial charge in [0.15, 0.2) is 0 Å². The van der Waals surface area contributed by atoms with Crippen molar-refractivity contribution in [1.29, 1.82) is 0 Å². The van der Waals surface area contributed by atoms with E-state index in [4.69, 9.17) is 11.6 Å². The van der Waals surface area contributed by atoms with Gasteiger partial charge in [0.2, 0.25) is 0 Å². The van der Waals surface area contributed by atoms with Crippen molar-refractivity contribution in [2.24, 2.45) is 11.3 Å². The lowest BCUT2D eigenvalue weighted by atomic mass is 9.86. The molecule has 0 unspecified atom stereocenters. The van der Waals surface area contributed by atoms with Crippen LogP contribution in [0.25, 0.3) is 0 Å². The Hall–Kier alpha value is -0.490. The zero-order valence-corrected chi connectivity index (χ0v) is 10.3. The second-order valence-electron chi connectivity index (χ2n) is 5.15. The van der Waals surface area contributed by atoms with Crippen molar-refractivity contribution in [3.05, 3.63) is 34.9 Å². The molecular formula is C14H19Cl. The van der Waals surface area contributed by atoms with Crippen LogP contribution in [-0.4, -0.2) is 0 Å². The lowest BCUT2D eigenvalue weighted by Gasteiger charge is -2.19. The largest absolute Gasteiger partial charge is 0.0843 e. The summed E-state index contributed by atoms with van der Waals surface area (Å²) in [5.74, 6) is 0.830. The normalized spacial score (nSPS) is 18.1. The van der Waals surface area contributed by atoms with Crippen LogP contribution in [0, 0.1) is 11.3 Å². The molecule has 0 heterocycles. The molecule has 0 spiro atoms. The van der Waals surface area contributed by atoms with Crippen molar-refractivity contribution in [3.63, 3.8) is 0 Å². The molecule has 0 bridgehead atoms. The van der Waals surface area contributed by atoms with Crippen LogP contribution in [0.3, 0.4) is 0 Å². The fraction of sp³-hybridized carbons (Fsp3) is 0.571. The Kier molecular flexibility index (Phi) is 3.06. The summed E-state index contributed by atoms with van der Waals surface area (Å²) < 4.78 is 0. The second-order valence-corrected chi connectivity index (χ2v) is 5.58. The molecule has 0 saturated heterocycles. The summed E-state index contributed by atoms with van der Waals surface area (Å²) in [4.78, 5) is 0. The lowest BCUT2D eigenvalue weighted by molar-refractivity contribution is 0.334. The quantitative estimate of drug-likeness (QED) is 0.692. The highest BCUT2D eigenvalue weighted by Crippen LogP contribution is 2.55. The maximum Gasteiger partial charge on any atom is 0.0408 e. The molecule has 0 nitrogen and oxygen atoms in total. The smallest absolute Gasteiger partial charge is 0.0408 e. The molecule has 1 saturated carbocycles. The molecule has 1 heteroatoms. The van der Waals surface area contributed by atoms with Crippen LogP contribution >= 0.6 is 11.6 Å². The predicted molar refractivity (Wildman–Crippen MR) is 66.3 cm³/mol. The lowest BCUT2D eigenvalue weighted by Crippen LogP contribution is -2.10. The fourth-order valence-electron chi connectivity index (χ4n) is 2.36. The Labute approximate surface area is 97.6 Å². The molecule has 0 N–H and O–H groups in total. The summed E-state index contributed by atoms with van der Waals surface area (Å²) in [6, 6.07) is 8.27. The minimum absolute atomic E-state index is 0.655. The maximum atomic E-state index is 5.97. The Morgan fingerprint density at radius 3 is 2.60 bits per heavy atom. The van der Waals surface area contributed by atoms with Crippen molar-refractivity contribution in [1.82, 2.24) is 0 Å². The zero-order chi connectivity index (χ0) is 10.9. The number of halogens is 1. The summed E-state index contributed by atoms with van der Waals surface area (Å²) in [7, 11) is 0. The van der Waals surface area contributed by atoms with Gasteiger partial charge >= 0.3 is 0 Å². The van der Waals surface area contributed by atoms with Crippen LogP contribution in [-0.2, 0) is 6.42 Å². The van der Waals surface area contributed by atoms with E-state index in [9.17, 15) is 0 Å². The van der Waals surface area contributed by atoms with E-state index in [0.29, 0.717) is 5.41 Å². The molecule has 0 atom stereocenters. The fourth-order valence-corrected chi connectivity index (χ4v) is 2.58. The maximum absolute atomic E-state index is 5.97. The Bertz CT molecular complexity index is 337. The third-order valence-electron chi connectivity index (χ3n) is 3.92. The van der Waals surface area contributed by atoms with Gasteiger partial charge in [-0.05, 0) is 54.7 Å². The summed E-state index contributed by atoms with van der Waals surface area (Å²) >= 11 is 5.97. The molecule has 0 aromatic heterocycles. The van der Waals surface area contributed by atoms with Gasteiger partial charge in [0.1, 0.15) is 0 Å². The third kappa shape index (κ3) is 2.55. The van der Waals surface area contributed by atoms with E-state index in [1.54, 1.807) is 0 Å². The van der Waals surface area contributed by atoms with Crippen LogP contribution in [0.1, 0.15) is 38.7 Å². The average Bonchev–Trinajstić information content (AvgIpc) is 2.96. The zero-order valence-electron chi connectivity index (χ0n) is 9.59. The molecule has 1 fully saturated rings. The van der Waals surface area contributed by atoms with Crippen molar-refractivity contribution in [2.45, 2.75) is 39.5 Å². The first-order valence-corrected chi connectivity index (χ1v) is 6.25. The van der Waals surface area contributed by atoms with E-state index in [-0.39, 0.29) is 0 Å². The monoisotopic (exact) mass is 222 g/mol. The average molecular weight is 223 g/mol. The van der Waals surface area contributed by atoms with E-state index < -0.39 is 0 Å². The van der Waals surface area contributed by atoms with Crippen LogP contribution < -0.4 is 0 Å². The SMILES string of the molecule is CC(C)C1(CCc2cccc(Cl)c2)CC1. The van der Waals surface area contributed by atoms with Crippen LogP contribution in [0.2, 0.25) is 5.02 Å². The third-order valence-corrected chi connectivity index (χ3v) is 4.15. The van der Waals surface area contributed by atoms with Gasteiger partial charge in [-0.25, -0.2) is 0 Å². The number of aryl methyl sites for hydroxylation is 1. The minimum atomic E-state index is 0.655. The van der Waals surface area contributed by atoms with Gasteiger partial charge in [-0.1, -0.05) is 37.6 Å². The molecule has 82 valence electrons. The van der Waals surface area contributed by atoms with Crippen molar-refractivity contribution in [2.75, 3.05) is 0 Å². The summed E-state index contributed by atoms with van der Waals surface area (Å²) in [6.45, 7) is 4.70. The van der Waals surface area contributed by atoms with Crippen LogP contribution in [0.4, 0.5) is 0 Å². The van der Waals surface area contributed by atoms with Crippen molar-refractivity contribution < 1.29 is 0 Å². The first-order chi connectivity index (χ1) is 7.12. The molecule has 0 aliphatic heterocycles. The Morgan fingerprint density at radius 2 is 2.07 bits per heavy atom. The van der Waals surface area contributed by atoms with Gasteiger partial charge in [-0.15, -0.1) is 0 Å². The number of rotatable bonds is 4. The van der Waals surface area contributed by atoms with Crippen LogP contribution in [0.5, 0.6) is 0 Å². The Balaban J connectivity index is 1.94. The second kappa shape index (κ2) is 4.17. The van der Waals surface area contributed by atoms with E-state index in [1.807, 2.05) is 12.1 Å². The van der Waals surface area contributed by atoms with Gasteiger partial charge in [-0.2, -0.15) is 0 Å². The van der Waals surface area contributed by atoms with E-state index in [2.05, 4.69) is 26.0 Å². The molecule has 1 aromatic carbocycles. The highest BCUT2D eigenvalue weighted by atomic mass is 35.5. The first kappa shape index (κ1) is 11.0. The van der Waals surface area contributed by atoms with E-state index in [0.717, 1.165) is 10.9 Å². The molecule has 15 heavy (non-hydrogen) atoms. The molecule has 1 aliphatic rings. The van der Waals surface area contributed by atoms with Crippen LogP contribution in [0.15, 0.2) is 24.3 Å². The Morgan fingerprint density at radius 1 is 1.33 bits per heavy atom. The number of benzene rings is 1. The molecular weight excluding hydrogens is 204 g/mol. The predicted octanol–water partition coefficient (Wildman–Crippen LogP) is 4.71. The van der Waals surface area contributed by atoms with Gasteiger partial charge in [-0.3, -0.25) is 0 Å². The minimum Gasteiger partial charge on any atom is -0.0843 e. The molecule has 0 amide bonds. The van der Waals surface area contributed by atoms with Gasteiger partial charge in [0, 0.05) is 5.02 Å². The standard InChI is InChI=1S/C14H19Cl/c1-11(2)14(8-9-14)7-6-12-4-3-5-13(15)10-12/h3-5,10-11H,6-9H2,1-2H3. The summed E-state index contributed by atoms with van der Waals surface area (Å²) in [5.41, 5.74) is 2.04. The summed E-state index contributed by atoms with van der Waals surface area (Å²) in [5, 5.41) is 0.863. The van der Waals surface area contributed by atoms with Gasteiger partial charge in [0.25, 0.3) is 0 Å². The summed E-state index contributed by atoms with van der Waals surface area (Å²) in [6.07, 6.45) is 5.35. The van der Waals surface area contributed by atoms with Gasteiger partial charge in [0.05, 0.1) is 0 Å². The molecule has 1 aliphatic carbocycles. The molecule has 0 radical (unpaired) electrons. The van der Waals surface area contributed by atoms with Crippen molar-refractivity contribution >= 4 is 11.6 Å². The molecule has 1 aromatic rings. The van der Waals surface area contributed by atoms with E-state index >= 15 is 0 Å². The topological polar surface area (TPSA) is 0 Å².